The van der Waals surface area contributed by atoms with Crippen LogP contribution in [-0.4, -0.2) is 39.7 Å². The van der Waals surface area contributed by atoms with Crippen LogP contribution in [0.3, 0.4) is 0 Å². The van der Waals surface area contributed by atoms with E-state index in [9.17, 15) is 14.9 Å². The van der Waals surface area contributed by atoms with Crippen LogP contribution in [0.4, 0.5) is 5.69 Å². The average molecular weight is 314 g/mol. The highest BCUT2D eigenvalue weighted by molar-refractivity contribution is 8.13. The fourth-order valence-electron chi connectivity index (χ4n) is 1.80. The highest BCUT2D eigenvalue weighted by atomic mass is 35.5. The molecule has 0 aromatic heterocycles. The van der Waals surface area contributed by atoms with Crippen molar-refractivity contribution in [2.75, 3.05) is 18.8 Å². The fraction of sp³-hybridized carbons (Fsp3) is 0.333. The largest absolute Gasteiger partial charge is 0.286 e. The monoisotopic (exact) mass is 313 g/mol. The fourth-order valence-corrected chi connectivity index (χ4v) is 2.77. The first-order valence-electron chi connectivity index (χ1n) is 5.97. The summed E-state index contributed by atoms with van der Waals surface area (Å²) in [5.41, 5.74) is -0.0225. The van der Waals surface area contributed by atoms with Gasteiger partial charge in [0.1, 0.15) is 0 Å². The summed E-state index contributed by atoms with van der Waals surface area (Å²) in [5.74, 6) is 0.446. The molecule has 0 fully saturated rings. The number of thioether (sulfide) groups is 1. The quantitative estimate of drug-likeness (QED) is 0.635. The van der Waals surface area contributed by atoms with E-state index in [2.05, 4.69) is 4.99 Å². The molecule has 1 aliphatic rings. The van der Waals surface area contributed by atoms with E-state index in [4.69, 9.17) is 11.6 Å². The van der Waals surface area contributed by atoms with Gasteiger partial charge in [-0.15, -0.1) is 0 Å². The first-order chi connectivity index (χ1) is 9.54. The van der Waals surface area contributed by atoms with E-state index in [0.29, 0.717) is 18.3 Å². The Kier molecular flexibility index (Phi) is 4.61. The summed E-state index contributed by atoms with van der Waals surface area (Å²) in [6.07, 6.45) is 0. The lowest BCUT2D eigenvalue weighted by Crippen LogP contribution is -2.33. The summed E-state index contributed by atoms with van der Waals surface area (Å²) in [7, 11) is 0. The Morgan fingerprint density at radius 2 is 2.35 bits per heavy atom. The molecule has 20 heavy (non-hydrogen) atoms. The number of hydrogen-bond donors (Lipinski definition) is 0. The number of nitro benzene ring substituents is 1. The van der Waals surface area contributed by atoms with Gasteiger partial charge in [0, 0.05) is 18.7 Å². The number of aliphatic imine (C=N–C) groups is 1. The Morgan fingerprint density at radius 3 is 3.00 bits per heavy atom. The molecule has 0 atom stereocenters. The normalized spacial score (nSPS) is 14.3. The van der Waals surface area contributed by atoms with Crippen LogP contribution in [0, 0.1) is 10.1 Å². The number of carbonyl (C=O) groups excluding carboxylic acids is 1. The van der Waals surface area contributed by atoms with Gasteiger partial charge in [0.15, 0.2) is 5.17 Å². The standard InChI is InChI=1S/C12H12ClN3O3S/c1-2-20-12-14-5-6-15(12)11(17)9-7-8(16(18)19)3-4-10(9)13/h3-4,7H,2,5-6H2,1H3. The van der Waals surface area contributed by atoms with Crippen molar-refractivity contribution >= 4 is 40.1 Å². The van der Waals surface area contributed by atoms with Crippen LogP contribution >= 0.6 is 23.4 Å². The van der Waals surface area contributed by atoms with Gasteiger partial charge in [0.25, 0.3) is 11.6 Å². The van der Waals surface area contributed by atoms with E-state index in [1.807, 2.05) is 6.92 Å². The second-order valence-corrected chi connectivity index (χ2v) is 5.61. The second-order valence-electron chi connectivity index (χ2n) is 3.98. The average Bonchev–Trinajstić information content (AvgIpc) is 2.87. The third-order valence-electron chi connectivity index (χ3n) is 2.71. The van der Waals surface area contributed by atoms with E-state index >= 15 is 0 Å². The molecule has 0 spiro atoms. The molecule has 0 aliphatic carbocycles. The number of nitrogens with zero attached hydrogens (tertiary/aromatic N) is 3. The third kappa shape index (κ3) is 2.94. The van der Waals surface area contributed by atoms with Gasteiger partial charge in [-0.25, -0.2) is 0 Å². The minimum Gasteiger partial charge on any atom is -0.286 e. The molecule has 1 aromatic carbocycles. The minimum absolute atomic E-state index is 0.132. The maximum absolute atomic E-state index is 12.5. The number of halogens is 1. The summed E-state index contributed by atoms with van der Waals surface area (Å²) >= 11 is 7.45. The number of amidine groups is 1. The van der Waals surface area contributed by atoms with Crippen molar-refractivity contribution in [3.05, 3.63) is 38.9 Å². The lowest BCUT2D eigenvalue weighted by molar-refractivity contribution is -0.384. The van der Waals surface area contributed by atoms with E-state index < -0.39 is 4.92 Å². The van der Waals surface area contributed by atoms with Gasteiger partial charge in [0.2, 0.25) is 0 Å². The van der Waals surface area contributed by atoms with Crippen LogP contribution in [0.5, 0.6) is 0 Å². The van der Waals surface area contributed by atoms with E-state index in [-0.39, 0.29) is 22.2 Å². The molecule has 0 unspecified atom stereocenters. The van der Waals surface area contributed by atoms with Crippen LogP contribution in [0.1, 0.15) is 17.3 Å². The Labute approximate surface area is 125 Å². The molecule has 106 valence electrons. The van der Waals surface area contributed by atoms with E-state index in [1.54, 1.807) is 0 Å². The molecule has 1 aromatic rings. The van der Waals surface area contributed by atoms with Crippen LogP contribution in [0.15, 0.2) is 23.2 Å². The topological polar surface area (TPSA) is 75.8 Å². The number of hydrogen-bond acceptors (Lipinski definition) is 5. The molecule has 0 bridgehead atoms. The molecule has 0 saturated carbocycles. The molecule has 6 nitrogen and oxygen atoms in total. The summed E-state index contributed by atoms with van der Waals surface area (Å²) in [4.78, 5) is 28.5. The van der Waals surface area contributed by atoms with Crippen LogP contribution < -0.4 is 0 Å². The van der Waals surface area contributed by atoms with E-state index in [1.165, 1.54) is 34.9 Å². The van der Waals surface area contributed by atoms with Gasteiger partial charge < -0.3 is 0 Å². The van der Waals surface area contributed by atoms with Crippen molar-refractivity contribution in [1.82, 2.24) is 4.90 Å². The molecular weight excluding hydrogens is 302 g/mol. The molecule has 1 amide bonds. The SMILES string of the molecule is CCSC1=NCCN1C(=O)c1cc([N+](=O)[O-])ccc1Cl. The highest BCUT2D eigenvalue weighted by Crippen LogP contribution is 2.25. The summed E-state index contributed by atoms with van der Waals surface area (Å²) < 4.78 is 0. The maximum atomic E-state index is 12.5. The molecular formula is C12H12ClN3O3S. The van der Waals surface area contributed by atoms with Gasteiger partial charge in [-0.1, -0.05) is 30.3 Å². The Hall–Kier alpha value is -1.60. The Morgan fingerprint density at radius 1 is 1.60 bits per heavy atom. The molecule has 2 rings (SSSR count). The number of benzene rings is 1. The lowest BCUT2D eigenvalue weighted by Gasteiger charge is -2.17. The number of carbonyl (C=O) groups is 1. The first kappa shape index (κ1) is 14.8. The highest BCUT2D eigenvalue weighted by Gasteiger charge is 2.27. The number of amides is 1. The second kappa shape index (κ2) is 6.23. The van der Waals surface area contributed by atoms with Crippen LogP contribution in [0.25, 0.3) is 0 Å². The predicted octanol–water partition coefficient (Wildman–Crippen LogP) is 2.81. The molecule has 0 radical (unpaired) electrons. The van der Waals surface area contributed by atoms with Crippen molar-refractivity contribution in [1.29, 1.82) is 0 Å². The molecule has 0 N–H and O–H groups in total. The van der Waals surface area contributed by atoms with Crippen molar-refractivity contribution in [3.63, 3.8) is 0 Å². The summed E-state index contributed by atoms with van der Waals surface area (Å²) in [6, 6.07) is 3.85. The number of rotatable bonds is 3. The van der Waals surface area contributed by atoms with Gasteiger partial charge in [-0.3, -0.25) is 24.8 Å². The van der Waals surface area contributed by atoms with Crippen LogP contribution in [0.2, 0.25) is 5.02 Å². The summed E-state index contributed by atoms with van der Waals surface area (Å²) in [6.45, 7) is 2.98. The maximum Gasteiger partial charge on any atom is 0.270 e. The number of nitro groups is 1. The Balaban J connectivity index is 2.31. The first-order valence-corrected chi connectivity index (χ1v) is 7.34. The van der Waals surface area contributed by atoms with Gasteiger partial charge >= 0.3 is 0 Å². The summed E-state index contributed by atoms with van der Waals surface area (Å²) in [5, 5.41) is 11.6. The zero-order valence-electron chi connectivity index (χ0n) is 10.7. The molecule has 0 saturated heterocycles. The van der Waals surface area contributed by atoms with Gasteiger partial charge in [-0.05, 0) is 11.8 Å². The zero-order valence-corrected chi connectivity index (χ0v) is 12.3. The predicted molar refractivity (Wildman–Crippen MR) is 79.6 cm³/mol. The van der Waals surface area contributed by atoms with Crippen molar-refractivity contribution in [3.8, 4) is 0 Å². The lowest BCUT2D eigenvalue weighted by atomic mass is 10.2. The van der Waals surface area contributed by atoms with Crippen molar-refractivity contribution in [2.45, 2.75) is 6.92 Å². The van der Waals surface area contributed by atoms with Crippen LogP contribution in [-0.2, 0) is 0 Å². The molecule has 1 heterocycles. The van der Waals surface area contributed by atoms with Gasteiger partial charge in [0.05, 0.1) is 22.1 Å². The molecule has 8 heteroatoms. The Bertz CT molecular complexity index is 591. The molecule has 1 aliphatic heterocycles. The number of non-ortho nitro benzene ring substituents is 1. The third-order valence-corrected chi connectivity index (χ3v) is 3.94. The van der Waals surface area contributed by atoms with Crippen molar-refractivity contribution < 1.29 is 9.72 Å². The van der Waals surface area contributed by atoms with Gasteiger partial charge in [-0.2, -0.15) is 0 Å². The smallest absolute Gasteiger partial charge is 0.270 e. The minimum atomic E-state index is -0.549. The van der Waals surface area contributed by atoms with E-state index in [0.717, 1.165) is 5.75 Å². The zero-order chi connectivity index (χ0) is 14.7. The van der Waals surface area contributed by atoms with Crippen molar-refractivity contribution in [2.24, 2.45) is 4.99 Å².